The first kappa shape index (κ1) is 26.7. The van der Waals surface area contributed by atoms with E-state index in [0.717, 1.165) is 48.5 Å². The predicted octanol–water partition coefficient (Wildman–Crippen LogP) is 5.54. The highest BCUT2D eigenvalue weighted by molar-refractivity contribution is 5.97. The van der Waals surface area contributed by atoms with E-state index in [4.69, 9.17) is 4.74 Å². The molecule has 1 heterocycles. The Bertz CT molecular complexity index is 972. The van der Waals surface area contributed by atoms with Gasteiger partial charge in [-0.05, 0) is 81.6 Å². The number of carbonyl (C=O) groups is 2. The third-order valence-electron chi connectivity index (χ3n) is 6.63. The molecule has 0 unspecified atom stereocenters. The molecule has 35 heavy (non-hydrogen) atoms. The Morgan fingerprint density at radius 3 is 2.31 bits per heavy atom. The molecule has 1 N–H and O–H groups in total. The summed E-state index contributed by atoms with van der Waals surface area (Å²) < 4.78 is 5.49. The number of nitrogens with one attached hydrogen (secondary N) is 1. The van der Waals surface area contributed by atoms with Crippen LogP contribution in [0.1, 0.15) is 81.3 Å². The van der Waals surface area contributed by atoms with E-state index >= 15 is 0 Å². The molecular weight excluding hydrogens is 438 g/mol. The highest BCUT2D eigenvalue weighted by Crippen LogP contribution is 2.27. The van der Waals surface area contributed by atoms with Crippen LogP contribution in [0.5, 0.6) is 5.75 Å². The largest absolute Gasteiger partial charge is 0.494 e. The Morgan fingerprint density at radius 2 is 1.66 bits per heavy atom. The van der Waals surface area contributed by atoms with Crippen LogP contribution in [0.4, 0.5) is 5.69 Å². The fourth-order valence-corrected chi connectivity index (χ4v) is 4.57. The molecule has 2 amide bonds. The van der Waals surface area contributed by atoms with Crippen LogP contribution in [0, 0.1) is 0 Å². The maximum atomic E-state index is 13.1. The molecular formula is C29H41N3O3. The van der Waals surface area contributed by atoms with E-state index in [1.54, 1.807) is 6.92 Å². The van der Waals surface area contributed by atoms with Crippen LogP contribution in [-0.2, 0) is 17.9 Å². The number of hydrogen-bond donors (Lipinski definition) is 1. The van der Waals surface area contributed by atoms with E-state index in [-0.39, 0.29) is 11.8 Å². The minimum atomic E-state index is -0.113. The van der Waals surface area contributed by atoms with Crippen molar-refractivity contribution in [3.8, 4) is 5.75 Å². The lowest BCUT2D eigenvalue weighted by molar-refractivity contribution is -0.116. The van der Waals surface area contributed by atoms with Gasteiger partial charge in [0.15, 0.2) is 0 Å². The number of rotatable bonds is 6. The molecule has 2 aromatic rings. The molecule has 3 rings (SSSR count). The average molecular weight is 480 g/mol. The fraction of sp³-hybridized carbons (Fsp3) is 0.517. The second-order valence-electron chi connectivity index (χ2n) is 9.61. The van der Waals surface area contributed by atoms with Gasteiger partial charge in [0.2, 0.25) is 5.91 Å². The number of nitrogens with zero attached hydrogens (tertiary/aromatic N) is 2. The second kappa shape index (κ2) is 13.3. The Labute approximate surface area is 210 Å². The standard InChI is InChI=1S/C29H41N3O3/c1-5-35-27-14-11-24(12-15-27)20-30-29(34)25-13-16-28-26(19-25)21-31(22(2)3)17-9-7-6-8-10-18-32(28)23(4)33/h11-16,19,22H,5-10,17-18,20-21H2,1-4H3,(H,30,34). The Kier molecular flexibility index (Phi) is 10.2. The molecule has 6 nitrogen and oxygen atoms in total. The van der Waals surface area contributed by atoms with E-state index < -0.39 is 0 Å². The number of fused-ring (bicyclic) bond motifs is 1. The zero-order valence-electron chi connectivity index (χ0n) is 21.8. The van der Waals surface area contributed by atoms with Crippen LogP contribution in [0.3, 0.4) is 0 Å². The van der Waals surface area contributed by atoms with E-state index in [1.165, 1.54) is 19.3 Å². The average Bonchev–Trinajstić information content (AvgIpc) is 2.83. The van der Waals surface area contributed by atoms with Crippen LogP contribution in [0.15, 0.2) is 42.5 Å². The number of anilines is 1. The summed E-state index contributed by atoms with van der Waals surface area (Å²) in [6, 6.07) is 13.9. The maximum Gasteiger partial charge on any atom is 0.251 e. The monoisotopic (exact) mass is 479 g/mol. The van der Waals surface area contributed by atoms with Crippen molar-refractivity contribution in [3.05, 3.63) is 59.2 Å². The van der Waals surface area contributed by atoms with Crippen molar-refractivity contribution in [2.45, 2.75) is 78.9 Å². The minimum Gasteiger partial charge on any atom is -0.494 e. The molecule has 0 saturated carbocycles. The van der Waals surface area contributed by atoms with Crippen molar-refractivity contribution in [2.75, 3.05) is 24.6 Å². The topological polar surface area (TPSA) is 61.9 Å². The summed E-state index contributed by atoms with van der Waals surface area (Å²) >= 11 is 0. The number of carbonyl (C=O) groups excluding carboxylic acids is 2. The molecule has 0 bridgehead atoms. The molecule has 0 radical (unpaired) electrons. The van der Waals surface area contributed by atoms with Crippen LogP contribution in [0.25, 0.3) is 0 Å². The van der Waals surface area contributed by atoms with E-state index in [1.807, 2.05) is 54.3 Å². The van der Waals surface area contributed by atoms with Gasteiger partial charge in [0, 0.05) is 43.9 Å². The van der Waals surface area contributed by atoms with Crippen molar-refractivity contribution < 1.29 is 14.3 Å². The number of ether oxygens (including phenoxy) is 1. The lowest BCUT2D eigenvalue weighted by Gasteiger charge is -2.31. The van der Waals surface area contributed by atoms with Gasteiger partial charge in [-0.3, -0.25) is 14.5 Å². The molecule has 0 aromatic heterocycles. The number of benzene rings is 2. The highest BCUT2D eigenvalue weighted by atomic mass is 16.5. The van der Waals surface area contributed by atoms with Crippen LogP contribution in [-0.4, -0.2) is 42.5 Å². The van der Waals surface area contributed by atoms with Gasteiger partial charge in [-0.25, -0.2) is 0 Å². The lowest BCUT2D eigenvalue weighted by Crippen LogP contribution is -2.35. The summed E-state index contributed by atoms with van der Waals surface area (Å²) in [4.78, 5) is 29.9. The van der Waals surface area contributed by atoms with Crippen molar-refractivity contribution >= 4 is 17.5 Å². The molecule has 0 aliphatic carbocycles. The second-order valence-corrected chi connectivity index (χ2v) is 9.61. The SMILES string of the molecule is CCOc1ccc(CNC(=O)c2ccc3c(c2)CN(C(C)C)CCCCCCCN3C(C)=O)cc1. The molecule has 1 aliphatic rings. The summed E-state index contributed by atoms with van der Waals surface area (Å²) in [5, 5.41) is 3.04. The predicted molar refractivity (Wildman–Crippen MR) is 142 cm³/mol. The molecule has 0 fully saturated rings. The molecule has 6 heteroatoms. The van der Waals surface area contributed by atoms with Gasteiger partial charge in [-0.15, -0.1) is 0 Å². The molecule has 0 spiro atoms. The first-order valence-electron chi connectivity index (χ1n) is 13.0. The van der Waals surface area contributed by atoms with Crippen LogP contribution < -0.4 is 15.0 Å². The molecule has 0 atom stereocenters. The number of hydrogen-bond acceptors (Lipinski definition) is 4. The summed E-state index contributed by atoms with van der Waals surface area (Å²) in [5.74, 6) is 0.762. The van der Waals surface area contributed by atoms with Gasteiger partial charge in [-0.2, -0.15) is 0 Å². The van der Waals surface area contributed by atoms with Gasteiger partial charge in [0.25, 0.3) is 5.91 Å². The third kappa shape index (κ3) is 7.82. The zero-order chi connectivity index (χ0) is 25.2. The third-order valence-corrected chi connectivity index (χ3v) is 6.63. The van der Waals surface area contributed by atoms with E-state index in [9.17, 15) is 9.59 Å². The van der Waals surface area contributed by atoms with Crippen molar-refractivity contribution in [2.24, 2.45) is 0 Å². The quantitative estimate of drug-likeness (QED) is 0.591. The van der Waals surface area contributed by atoms with Gasteiger partial charge < -0.3 is 15.0 Å². The number of amides is 2. The fourth-order valence-electron chi connectivity index (χ4n) is 4.57. The first-order chi connectivity index (χ1) is 16.9. The summed E-state index contributed by atoms with van der Waals surface area (Å²) in [6.45, 7) is 11.5. The van der Waals surface area contributed by atoms with Crippen LogP contribution >= 0.6 is 0 Å². The highest BCUT2D eigenvalue weighted by Gasteiger charge is 2.21. The molecule has 0 saturated heterocycles. The molecule has 1 aliphatic heterocycles. The minimum absolute atomic E-state index is 0.0482. The maximum absolute atomic E-state index is 13.1. The lowest BCUT2D eigenvalue weighted by atomic mass is 10.0. The van der Waals surface area contributed by atoms with Crippen molar-refractivity contribution in [3.63, 3.8) is 0 Å². The van der Waals surface area contributed by atoms with Gasteiger partial charge in [-0.1, -0.05) is 31.4 Å². The Morgan fingerprint density at radius 1 is 0.971 bits per heavy atom. The van der Waals surface area contributed by atoms with E-state index in [0.29, 0.717) is 31.3 Å². The van der Waals surface area contributed by atoms with E-state index in [2.05, 4.69) is 24.1 Å². The van der Waals surface area contributed by atoms with Crippen molar-refractivity contribution in [1.29, 1.82) is 0 Å². The van der Waals surface area contributed by atoms with Gasteiger partial charge in [0.05, 0.1) is 6.61 Å². The Hall–Kier alpha value is -2.86. The zero-order valence-corrected chi connectivity index (χ0v) is 21.8. The Balaban J connectivity index is 1.82. The molecule has 2 aromatic carbocycles. The van der Waals surface area contributed by atoms with Crippen molar-refractivity contribution in [1.82, 2.24) is 10.2 Å². The molecule has 190 valence electrons. The normalized spacial score (nSPS) is 15.6. The van der Waals surface area contributed by atoms with Crippen LogP contribution in [0.2, 0.25) is 0 Å². The first-order valence-corrected chi connectivity index (χ1v) is 13.0. The smallest absolute Gasteiger partial charge is 0.251 e. The summed E-state index contributed by atoms with van der Waals surface area (Å²) in [7, 11) is 0. The van der Waals surface area contributed by atoms with Gasteiger partial charge >= 0.3 is 0 Å². The van der Waals surface area contributed by atoms with Gasteiger partial charge in [0.1, 0.15) is 5.75 Å². The summed E-state index contributed by atoms with van der Waals surface area (Å²) in [6.07, 6.45) is 5.72. The summed E-state index contributed by atoms with van der Waals surface area (Å²) in [5.41, 5.74) is 3.59.